The summed E-state index contributed by atoms with van der Waals surface area (Å²) in [7, 11) is 4.72. The first-order chi connectivity index (χ1) is 18.3. The Bertz CT molecular complexity index is 1330. The number of fused-ring (bicyclic) bond motifs is 1. The summed E-state index contributed by atoms with van der Waals surface area (Å²) in [5.74, 6) is 1.37. The summed E-state index contributed by atoms with van der Waals surface area (Å²) >= 11 is 0. The first kappa shape index (κ1) is 27.0. The van der Waals surface area contributed by atoms with E-state index >= 15 is 0 Å². The van der Waals surface area contributed by atoms with E-state index in [1.807, 2.05) is 17.0 Å². The predicted molar refractivity (Wildman–Crippen MR) is 146 cm³/mol. The van der Waals surface area contributed by atoms with Gasteiger partial charge in [-0.25, -0.2) is 0 Å². The van der Waals surface area contributed by atoms with Crippen LogP contribution in [-0.2, 0) is 25.7 Å². The molecule has 200 valence electrons. The molecule has 0 aliphatic carbocycles. The van der Waals surface area contributed by atoms with Crippen molar-refractivity contribution < 1.29 is 23.9 Å². The van der Waals surface area contributed by atoms with Crippen LogP contribution >= 0.6 is 0 Å². The Balaban J connectivity index is 1.83. The molecule has 1 aliphatic heterocycles. The molecule has 1 atom stereocenters. The average Bonchev–Trinajstić information content (AvgIpc) is 2.95. The second-order valence-electron chi connectivity index (χ2n) is 9.34. The minimum atomic E-state index is -0.477. The molecule has 1 unspecified atom stereocenters. The number of amides is 1. The van der Waals surface area contributed by atoms with Gasteiger partial charge in [0, 0.05) is 24.2 Å². The van der Waals surface area contributed by atoms with E-state index in [4.69, 9.17) is 14.2 Å². The molecule has 0 fully saturated rings. The van der Waals surface area contributed by atoms with Gasteiger partial charge in [-0.1, -0.05) is 32.0 Å². The summed E-state index contributed by atoms with van der Waals surface area (Å²) < 4.78 is 16.6. The Morgan fingerprint density at radius 1 is 0.974 bits per heavy atom. The highest BCUT2D eigenvalue weighted by Gasteiger charge is 2.33. The van der Waals surface area contributed by atoms with Gasteiger partial charge in [-0.2, -0.15) is 0 Å². The van der Waals surface area contributed by atoms with Crippen molar-refractivity contribution in [3.8, 4) is 17.2 Å². The minimum absolute atomic E-state index is 0.102. The number of hydrogen-bond acceptors (Lipinski definition) is 6. The number of rotatable bonds is 9. The van der Waals surface area contributed by atoms with E-state index in [0.29, 0.717) is 35.8 Å². The number of aryl methyl sites for hydroxylation is 2. The number of hydrogen-bond donors (Lipinski definition) is 0. The first-order valence-electron chi connectivity index (χ1n) is 12.8. The maximum Gasteiger partial charge on any atom is 0.270 e. The van der Waals surface area contributed by atoms with Crippen LogP contribution in [0.3, 0.4) is 0 Å². The fourth-order valence-corrected chi connectivity index (χ4v) is 5.37. The molecule has 4 rings (SSSR count). The number of nitro groups is 1. The van der Waals surface area contributed by atoms with Gasteiger partial charge in [0.25, 0.3) is 11.6 Å². The molecule has 0 bridgehead atoms. The lowest BCUT2D eigenvalue weighted by Crippen LogP contribution is -2.41. The lowest BCUT2D eigenvalue weighted by atomic mass is 9.84. The van der Waals surface area contributed by atoms with Crippen molar-refractivity contribution in [1.29, 1.82) is 0 Å². The van der Waals surface area contributed by atoms with Gasteiger partial charge in [0.15, 0.2) is 11.5 Å². The van der Waals surface area contributed by atoms with E-state index < -0.39 is 4.92 Å². The summed E-state index contributed by atoms with van der Waals surface area (Å²) in [6.45, 7) is 4.82. The van der Waals surface area contributed by atoms with Crippen LogP contribution in [0.25, 0.3) is 0 Å². The Morgan fingerprint density at radius 3 is 2.21 bits per heavy atom. The fraction of sp³-hybridized carbons (Fsp3) is 0.367. The zero-order chi connectivity index (χ0) is 27.4. The molecule has 1 heterocycles. The summed E-state index contributed by atoms with van der Waals surface area (Å²) in [6.07, 6.45) is 3.08. The topological polar surface area (TPSA) is 91.1 Å². The predicted octanol–water partition coefficient (Wildman–Crippen LogP) is 5.73. The van der Waals surface area contributed by atoms with Gasteiger partial charge >= 0.3 is 0 Å². The SMILES string of the molecule is CCc1cc2c(cc1CC)C(Cc1cc(OC)c(OC)c(OC)c1)N(C(=O)c1cccc([N+](=O)[O-])c1)CC2. The number of nitro benzene ring substituents is 1. The number of ether oxygens (including phenoxy) is 3. The fourth-order valence-electron chi connectivity index (χ4n) is 5.37. The van der Waals surface area contributed by atoms with Crippen LogP contribution in [0.2, 0.25) is 0 Å². The van der Waals surface area contributed by atoms with Crippen LogP contribution in [0, 0.1) is 10.1 Å². The van der Waals surface area contributed by atoms with E-state index in [9.17, 15) is 14.9 Å². The summed E-state index contributed by atoms with van der Waals surface area (Å²) in [5.41, 5.74) is 6.07. The van der Waals surface area contributed by atoms with E-state index in [0.717, 1.165) is 30.4 Å². The van der Waals surface area contributed by atoms with E-state index in [1.165, 1.54) is 28.8 Å². The standard InChI is InChI=1S/C30H34N2O6/c1-6-20-16-22-11-12-31(30(33)23-9-8-10-24(17-23)32(34)35)26(25(22)18-21(20)7-2)13-19-14-27(36-3)29(38-5)28(15-19)37-4/h8-10,14-18,26H,6-7,11-13H2,1-5H3. The molecular formula is C30H34N2O6. The van der Waals surface area contributed by atoms with E-state index in [2.05, 4.69) is 26.0 Å². The normalized spacial score (nSPS) is 14.6. The molecule has 38 heavy (non-hydrogen) atoms. The Hall–Kier alpha value is -4.07. The molecule has 1 aliphatic rings. The van der Waals surface area contributed by atoms with Crippen molar-refractivity contribution in [1.82, 2.24) is 4.90 Å². The molecule has 3 aromatic carbocycles. The molecule has 0 saturated heterocycles. The molecule has 1 amide bonds. The number of benzene rings is 3. The zero-order valence-electron chi connectivity index (χ0n) is 22.6. The monoisotopic (exact) mass is 518 g/mol. The number of carbonyl (C=O) groups excluding carboxylic acids is 1. The van der Waals surface area contributed by atoms with Crippen LogP contribution in [0.1, 0.15) is 58.1 Å². The van der Waals surface area contributed by atoms with Gasteiger partial charge < -0.3 is 19.1 Å². The highest BCUT2D eigenvalue weighted by molar-refractivity contribution is 5.95. The van der Waals surface area contributed by atoms with E-state index in [1.54, 1.807) is 33.5 Å². The zero-order valence-corrected chi connectivity index (χ0v) is 22.6. The Kier molecular flexibility index (Phi) is 8.20. The van der Waals surface area contributed by atoms with Crippen LogP contribution in [-0.4, -0.2) is 43.6 Å². The van der Waals surface area contributed by atoms with Crippen molar-refractivity contribution >= 4 is 11.6 Å². The van der Waals surface area contributed by atoms with Crippen molar-refractivity contribution in [3.63, 3.8) is 0 Å². The average molecular weight is 519 g/mol. The van der Waals surface area contributed by atoms with Crippen molar-refractivity contribution in [2.24, 2.45) is 0 Å². The summed E-state index contributed by atoms with van der Waals surface area (Å²) in [4.78, 5) is 26.6. The summed E-state index contributed by atoms with van der Waals surface area (Å²) in [5, 5.41) is 11.4. The third kappa shape index (κ3) is 5.16. The van der Waals surface area contributed by atoms with Gasteiger partial charge in [-0.3, -0.25) is 14.9 Å². The lowest BCUT2D eigenvalue weighted by Gasteiger charge is -2.38. The first-order valence-corrected chi connectivity index (χ1v) is 12.8. The van der Waals surface area contributed by atoms with Crippen LogP contribution in [0.4, 0.5) is 5.69 Å². The van der Waals surface area contributed by atoms with Crippen LogP contribution in [0.15, 0.2) is 48.5 Å². The molecule has 3 aromatic rings. The number of non-ortho nitro benzene ring substituents is 1. The molecule has 0 N–H and O–H groups in total. The molecule has 0 radical (unpaired) electrons. The highest BCUT2D eigenvalue weighted by atomic mass is 16.6. The number of methoxy groups -OCH3 is 3. The molecule has 8 nitrogen and oxygen atoms in total. The van der Waals surface area contributed by atoms with E-state index in [-0.39, 0.29) is 17.6 Å². The second-order valence-corrected chi connectivity index (χ2v) is 9.34. The van der Waals surface area contributed by atoms with Crippen LogP contribution in [0.5, 0.6) is 17.2 Å². The summed E-state index contributed by atoms with van der Waals surface area (Å²) in [6, 6.07) is 14.0. The highest BCUT2D eigenvalue weighted by Crippen LogP contribution is 2.41. The third-order valence-electron chi connectivity index (χ3n) is 7.30. The molecule has 0 spiro atoms. The number of carbonyl (C=O) groups is 1. The van der Waals surface area contributed by atoms with Gasteiger partial charge in [0.1, 0.15) is 0 Å². The maximum absolute atomic E-state index is 13.8. The molecule has 0 aromatic heterocycles. The smallest absolute Gasteiger partial charge is 0.270 e. The Labute approximate surface area is 223 Å². The van der Waals surface area contributed by atoms with Crippen LogP contribution < -0.4 is 14.2 Å². The van der Waals surface area contributed by atoms with Crippen molar-refractivity contribution in [2.45, 2.75) is 45.6 Å². The van der Waals surface area contributed by atoms with Crippen molar-refractivity contribution in [2.75, 3.05) is 27.9 Å². The lowest BCUT2D eigenvalue weighted by molar-refractivity contribution is -0.384. The maximum atomic E-state index is 13.8. The molecule has 0 saturated carbocycles. The Morgan fingerprint density at radius 2 is 1.63 bits per heavy atom. The third-order valence-corrected chi connectivity index (χ3v) is 7.30. The largest absolute Gasteiger partial charge is 0.493 e. The molecular weight excluding hydrogens is 484 g/mol. The number of nitrogens with zero attached hydrogens (tertiary/aromatic N) is 2. The quantitative estimate of drug-likeness (QED) is 0.266. The van der Waals surface area contributed by atoms with Gasteiger partial charge in [0.05, 0.1) is 32.3 Å². The van der Waals surface area contributed by atoms with Gasteiger partial charge in [-0.15, -0.1) is 0 Å². The second kappa shape index (κ2) is 11.5. The van der Waals surface area contributed by atoms with Gasteiger partial charge in [-0.05, 0) is 71.7 Å². The minimum Gasteiger partial charge on any atom is -0.493 e. The molecule has 8 heteroatoms. The van der Waals surface area contributed by atoms with Crippen molar-refractivity contribution in [3.05, 3.63) is 92.0 Å². The van der Waals surface area contributed by atoms with Gasteiger partial charge in [0.2, 0.25) is 5.75 Å².